The van der Waals surface area contributed by atoms with E-state index in [0.717, 1.165) is 12.7 Å². The molecule has 1 aliphatic heterocycles. The van der Waals surface area contributed by atoms with Gasteiger partial charge in [0.2, 0.25) is 5.91 Å². The third-order valence-corrected chi connectivity index (χ3v) is 8.61. The zero-order valence-corrected chi connectivity index (χ0v) is 21.6. The number of nitrogens with zero attached hydrogens (tertiary/aromatic N) is 4. The fourth-order valence-electron chi connectivity index (χ4n) is 3.23. The molecule has 6 atom stereocenters. The number of unbranched alkanes of at least 4 members (excludes halogenated alkanes) is 1. The molecule has 1 aliphatic rings. The van der Waals surface area contributed by atoms with Crippen molar-refractivity contribution in [1.82, 2.24) is 19.5 Å². The monoisotopic (exact) mass is 591 g/mol. The minimum Gasteiger partial charge on any atom is -0.387 e. The highest BCUT2D eigenvalue weighted by Gasteiger charge is 2.47. The summed E-state index contributed by atoms with van der Waals surface area (Å²) in [7, 11) is -16.8. The molecule has 7 N–H and O–H groups in total. The number of nitrogens with one attached hydrogen (secondary N) is 1. The fourth-order valence-corrected chi connectivity index (χ4v) is 6.26. The van der Waals surface area contributed by atoms with Crippen LogP contribution in [0.3, 0.4) is 0 Å². The summed E-state index contributed by atoms with van der Waals surface area (Å²) in [6.45, 7) is 0.939. The van der Waals surface area contributed by atoms with E-state index in [2.05, 4.69) is 33.4 Å². The van der Waals surface area contributed by atoms with Gasteiger partial charge < -0.3 is 39.8 Å². The maximum Gasteiger partial charge on any atom is 0.490 e. The number of aliphatic hydroxyl groups excluding tert-OH is 2. The quantitative estimate of drug-likeness (QED) is 0.159. The summed E-state index contributed by atoms with van der Waals surface area (Å²) < 4.78 is 52.4. The van der Waals surface area contributed by atoms with Crippen molar-refractivity contribution >= 4 is 46.4 Å². The van der Waals surface area contributed by atoms with Crippen molar-refractivity contribution in [3.63, 3.8) is 0 Å². The van der Waals surface area contributed by atoms with Gasteiger partial charge in [0.1, 0.15) is 24.6 Å². The third-order valence-electron chi connectivity index (χ3n) is 4.80. The van der Waals surface area contributed by atoms with Crippen molar-refractivity contribution in [2.75, 3.05) is 11.9 Å². The zero-order valence-electron chi connectivity index (χ0n) is 18.9. The summed E-state index contributed by atoms with van der Waals surface area (Å²) in [5, 5.41) is 23.4. The van der Waals surface area contributed by atoms with Crippen LogP contribution in [0.15, 0.2) is 12.7 Å². The molecule has 1 amide bonds. The molecule has 1 saturated heterocycles. The van der Waals surface area contributed by atoms with E-state index in [1.807, 2.05) is 6.92 Å². The molecule has 37 heavy (non-hydrogen) atoms. The molecule has 0 radical (unpaired) electrons. The smallest absolute Gasteiger partial charge is 0.387 e. The molecule has 0 bridgehead atoms. The van der Waals surface area contributed by atoms with Gasteiger partial charge in [-0.1, -0.05) is 13.3 Å². The molecule has 0 spiro atoms. The van der Waals surface area contributed by atoms with Gasteiger partial charge in [0.25, 0.3) is 0 Å². The second kappa shape index (κ2) is 11.6. The number of hydrogen-bond acceptors (Lipinski definition) is 13. The molecular weight excluding hydrogens is 567 g/mol. The van der Waals surface area contributed by atoms with Crippen molar-refractivity contribution < 1.29 is 66.2 Å². The average Bonchev–Trinajstić information content (AvgIpc) is 3.30. The molecule has 19 nitrogen and oxygen atoms in total. The van der Waals surface area contributed by atoms with Crippen LogP contribution in [0.2, 0.25) is 0 Å². The van der Waals surface area contributed by atoms with Gasteiger partial charge in [-0.3, -0.25) is 13.9 Å². The number of fused-ring (bicyclic) bond motifs is 1. The molecule has 0 saturated carbocycles. The van der Waals surface area contributed by atoms with E-state index in [1.54, 1.807) is 0 Å². The number of amides is 1. The maximum atomic E-state index is 12.1. The highest BCUT2D eigenvalue weighted by molar-refractivity contribution is 7.66. The van der Waals surface area contributed by atoms with Crippen LogP contribution in [0, 0.1) is 0 Å². The number of anilines is 1. The Morgan fingerprint density at radius 3 is 2.43 bits per heavy atom. The van der Waals surface area contributed by atoms with Gasteiger partial charge in [0.15, 0.2) is 23.2 Å². The average molecular weight is 591 g/mol. The van der Waals surface area contributed by atoms with Gasteiger partial charge in [-0.2, -0.15) is 8.62 Å². The summed E-state index contributed by atoms with van der Waals surface area (Å²) >= 11 is 0. The van der Waals surface area contributed by atoms with Gasteiger partial charge in [-0.25, -0.2) is 28.6 Å². The van der Waals surface area contributed by atoms with E-state index in [-0.39, 0.29) is 29.3 Å². The van der Waals surface area contributed by atoms with Crippen LogP contribution in [0.5, 0.6) is 0 Å². The van der Waals surface area contributed by atoms with Crippen LogP contribution in [-0.2, 0) is 36.4 Å². The Kier molecular flexibility index (Phi) is 9.35. The first-order valence-corrected chi connectivity index (χ1v) is 14.9. The molecule has 0 aliphatic carbocycles. The van der Waals surface area contributed by atoms with Crippen LogP contribution >= 0.6 is 23.5 Å². The lowest BCUT2D eigenvalue weighted by Gasteiger charge is -2.19. The van der Waals surface area contributed by atoms with Crippen LogP contribution in [0.25, 0.3) is 11.2 Å². The van der Waals surface area contributed by atoms with Crippen LogP contribution in [0.4, 0.5) is 5.82 Å². The molecule has 2 aromatic heterocycles. The summed E-state index contributed by atoms with van der Waals surface area (Å²) in [6.07, 6.45) is -2.18. The molecule has 3 heterocycles. The van der Waals surface area contributed by atoms with Crippen molar-refractivity contribution in [2.45, 2.75) is 50.7 Å². The molecule has 0 aromatic carbocycles. The predicted molar refractivity (Wildman–Crippen MR) is 119 cm³/mol. The van der Waals surface area contributed by atoms with Crippen molar-refractivity contribution in [3.8, 4) is 0 Å². The largest absolute Gasteiger partial charge is 0.490 e. The standard InChI is InChI=1S/C15H24N5O14P3/c1-2-3-4-9(21)19-13-10-14(17-6-16-13)20(7-18-10)15-12(23)11(22)8(32-15)5-31-36(27,28)34-37(29,30)33-35(24,25)26/h6-8,11-12,15,22-23H,2-5H2,1H3,(H,27,28)(H,29,30)(H2,24,25,26)(H,16,17,19,21)/t8-,11-,12-,15-/m1/s1. The number of aromatic nitrogens is 4. The number of aliphatic hydroxyl groups is 2. The Morgan fingerprint density at radius 1 is 1.08 bits per heavy atom. The highest BCUT2D eigenvalue weighted by atomic mass is 31.3. The topological polar surface area (TPSA) is 282 Å². The fraction of sp³-hybridized carbons (Fsp3) is 0.600. The van der Waals surface area contributed by atoms with E-state index < -0.39 is 54.6 Å². The summed E-state index contributed by atoms with van der Waals surface area (Å²) in [5.74, 6) is -0.197. The van der Waals surface area contributed by atoms with Crippen molar-refractivity contribution in [3.05, 3.63) is 12.7 Å². The van der Waals surface area contributed by atoms with Gasteiger partial charge in [0, 0.05) is 6.42 Å². The molecular formula is C15H24N5O14P3. The first-order chi connectivity index (χ1) is 17.1. The van der Waals surface area contributed by atoms with Gasteiger partial charge >= 0.3 is 23.5 Å². The Hall–Kier alpha value is -1.69. The minimum atomic E-state index is -5.74. The SMILES string of the molecule is CCCCC(=O)Nc1ncnc2c1ncn2[C@@H]1O[C@H](COP(=O)(O)OP(=O)(O)OP(=O)(O)O)[C@@H](O)[C@H]1O. The van der Waals surface area contributed by atoms with E-state index >= 15 is 0 Å². The third kappa shape index (κ3) is 7.91. The Bertz CT molecular complexity index is 1270. The molecule has 2 aromatic rings. The number of phosphoric ester groups is 1. The maximum absolute atomic E-state index is 12.1. The van der Waals surface area contributed by atoms with Crippen LogP contribution in [-0.4, -0.2) is 80.1 Å². The normalized spacial score (nSPS) is 25.6. The second-order valence-corrected chi connectivity index (χ2v) is 12.1. The first kappa shape index (κ1) is 29.9. The Balaban J connectivity index is 1.71. The molecule has 208 valence electrons. The highest BCUT2D eigenvalue weighted by Crippen LogP contribution is 2.66. The number of carbonyl (C=O) groups excluding carboxylic acids is 1. The lowest BCUT2D eigenvalue weighted by atomic mass is 10.1. The van der Waals surface area contributed by atoms with Crippen LogP contribution in [0.1, 0.15) is 32.4 Å². The zero-order chi connectivity index (χ0) is 27.6. The summed E-state index contributed by atoms with van der Waals surface area (Å²) in [4.78, 5) is 60.1. The first-order valence-electron chi connectivity index (χ1n) is 10.4. The lowest BCUT2D eigenvalue weighted by molar-refractivity contribution is -0.116. The van der Waals surface area contributed by atoms with E-state index in [0.29, 0.717) is 6.42 Å². The van der Waals surface area contributed by atoms with E-state index in [4.69, 9.17) is 14.5 Å². The number of phosphoric acid groups is 3. The number of hydrogen-bond donors (Lipinski definition) is 7. The number of ether oxygens (including phenoxy) is 1. The van der Waals surface area contributed by atoms with E-state index in [1.165, 1.54) is 10.9 Å². The summed E-state index contributed by atoms with van der Waals surface area (Å²) in [6, 6.07) is 0. The number of imidazole rings is 1. The second-order valence-electron chi connectivity index (χ2n) is 7.63. The molecule has 2 unspecified atom stereocenters. The van der Waals surface area contributed by atoms with Gasteiger partial charge in [-0.15, -0.1) is 0 Å². The van der Waals surface area contributed by atoms with E-state index in [9.17, 15) is 38.5 Å². The Morgan fingerprint density at radius 2 is 1.78 bits per heavy atom. The Labute approximate surface area is 207 Å². The lowest BCUT2D eigenvalue weighted by Crippen LogP contribution is -2.33. The summed E-state index contributed by atoms with van der Waals surface area (Å²) in [5.41, 5.74) is 0.250. The number of carbonyl (C=O) groups is 1. The van der Waals surface area contributed by atoms with Crippen LogP contribution < -0.4 is 5.32 Å². The van der Waals surface area contributed by atoms with Gasteiger partial charge in [0.05, 0.1) is 12.9 Å². The van der Waals surface area contributed by atoms with Gasteiger partial charge in [-0.05, 0) is 6.42 Å². The number of rotatable bonds is 12. The minimum absolute atomic E-state index is 0.0992. The van der Waals surface area contributed by atoms with Crippen molar-refractivity contribution in [1.29, 1.82) is 0 Å². The van der Waals surface area contributed by atoms with Crippen molar-refractivity contribution in [2.24, 2.45) is 0 Å². The molecule has 3 rings (SSSR count). The molecule has 22 heteroatoms. The molecule has 1 fully saturated rings. The predicted octanol–water partition coefficient (Wildman–Crippen LogP) is -0.0825.